The molecule has 0 aliphatic rings. The van der Waals surface area contributed by atoms with Gasteiger partial charge in [0, 0.05) is 6.42 Å². The Morgan fingerprint density at radius 1 is 1.26 bits per heavy atom. The van der Waals surface area contributed by atoms with Gasteiger partial charge in [-0.1, -0.05) is 19.9 Å². The molecule has 1 aromatic carbocycles. The number of aromatic hydroxyl groups is 1. The zero-order chi connectivity index (χ0) is 16.6. The van der Waals surface area contributed by atoms with Crippen LogP contribution in [0.25, 0.3) is 11.0 Å². The molecule has 7 nitrogen and oxygen atoms in total. The average Bonchev–Trinajstić information content (AvgIpc) is 2.91. The summed E-state index contributed by atoms with van der Waals surface area (Å²) in [5, 5.41) is 17.3. The Hall–Kier alpha value is -2.83. The number of nitrogens with one attached hydrogen (secondary N) is 1. The SMILES string of the molecule is COc1ccc(Cc2nc(N)nc3c(C(C)C)[nH]nc23)cc1O. The van der Waals surface area contributed by atoms with Crippen molar-refractivity contribution in [2.75, 3.05) is 12.8 Å². The summed E-state index contributed by atoms with van der Waals surface area (Å²) in [5.74, 6) is 0.997. The van der Waals surface area contributed by atoms with Crippen molar-refractivity contribution in [1.82, 2.24) is 20.2 Å². The summed E-state index contributed by atoms with van der Waals surface area (Å²) in [6.07, 6.45) is 0.489. The fourth-order valence-electron chi connectivity index (χ4n) is 2.56. The van der Waals surface area contributed by atoms with Gasteiger partial charge in [0.05, 0.1) is 18.5 Å². The molecule has 0 bridgehead atoms. The number of rotatable bonds is 4. The van der Waals surface area contributed by atoms with Crippen molar-refractivity contribution in [2.45, 2.75) is 26.2 Å². The van der Waals surface area contributed by atoms with Crippen molar-refractivity contribution in [3.63, 3.8) is 0 Å². The normalized spacial score (nSPS) is 11.3. The van der Waals surface area contributed by atoms with Gasteiger partial charge in [-0.3, -0.25) is 5.10 Å². The van der Waals surface area contributed by atoms with E-state index in [-0.39, 0.29) is 17.6 Å². The molecule has 0 fully saturated rings. The van der Waals surface area contributed by atoms with E-state index in [1.54, 1.807) is 12.1 Å². The number of nitrogen functional groups attached to an aromatic ring is 1. The molecule has 120 valence electrons. The first kappa shape index (κ1) is 15.1. The van der Waals surface area contributed by atoms with Gasteiger partial charge >= 0.3 is 0 Å². The lowest BCUT2D eigenvalue weighted by atomic mass is 10.1. The first-order valence-corrected chi connectivity index (χ1v) is 7.35. The predicted octanol–water partition coefficient (Wildman–Crippen LogP) is 2.36. The Bertz CT molecular complexity index is 857. The summed E-state index contributed by atoms with van der Waals surface area (Å²) < 4.78 is 5.06. The van der Waals surface area contributed by atoms with E-state index in [0.717, 1.165) is 22.5 Å². The number of benzene rings is 1. The van der Waals surface area contributed by atoms with Crippen molar-refractivity contribution < 1.29 is 9.84 Å². The maximum atomic E-state index is 9.91. The quantitative estimate of drug-likeness (QED) is 0.682. The molecule has 23 heavy (non-hydrogen) atoms. The lowest BCUT2D eigenvalue weighted by Gasteiger charge is -2.07. The minimum absolute atomic E-state index is 0.0909. The number of anilines is 1. The molecule has 0 atom stereocenters. The number of phenols is 1. The minimum atomic E-state index is 0.0909. The fourth-order valence-corrected chi connectivity index (χ4v) is 2.56. The standard InChI is InChI=1S/C16H19N5O2/c1-8(2)13-15-14(21-20-13)10(18-16(17)19-15)6-9-4-5-12(23-3)11(22)7-9/h4-5,7-8,22H,6H2,1-3H3,(H,20,21)(H2,17,18,19). The van der Waals surface area contributed by atoms with Gasteiger partial charge in [0.2, 0.25) is 5.95 Å². The Kier molecular flexibility index (Phi) is 3.77. The average molecular weight is 313 g/mol. The third kappa shape index (κ3) is 2.77. The van der Waals surface area contributed by atoms with E-state index in [1.807, 2.05) is 6.07 Å². The van der Waals surface area contributed by atoms with Gasteiger partial charge in [-0.15, -0.1) is 0 Å². The number of aromatic amines is 1. The van der Waals surface area contributed by atoms with E-state index in [0.29, 0.717) is 17.7 Å². The summed E-state index contributed by atoms with van der Waals surface area (Å²) in [7, 11) is 1.51. The molecule has 3 rings (SSSR count). The molecule has 0 amide bonds. The van der Waals surface area contributed by atoms with Crippen molar-refractivity contribution in [2.24, 2.45) is 0 Å². The Morgan fingerprint density at radius 3 is 2.70 bits per heavy atom. The molecule has 0 aliphatic heterocycles. The lowest BCUT2D eigenvalue weighted by Crippen LogP contribution is -2.02. The van der Waals surface area contributed by atoms with Crippen LogP contribution in [-0.4, -0.2) is 32.4 Å². The number of methoxy groups -OCH3 is 1. The summed E-state index contributed by atoms with van der Waals surface area (Å²) in [5.41, 5.74) is 9.85. The summed E-state index contributed by atoms with van der Waals surface area (Å²) in [4.78, 5) is 8.62. The number of H-pyrrole nitrogens is 1. The van der Waals surface area contributed by atoms with Crippen LogP contribution in [0.3, 0.4) is 0 Å². The van der Waals surface area contributed by atoms with Gasteiger partial charge in [-0.2, -0.15) is 5.10 Å². The largest absolute Gasteiger partial charge is 0.504 e. The number of hydrogen-bond donors (Lipinski definition) is 3. The van der Waals surface area contributed by atoms with E-state index < -0.39 is 0 Å². The molecule has 4 N–H and O–H groups in total. The highest BCUT2D eigenvalue weighted by Crippen LogP contribution is 2.29. The summed E-state index contributed by atoms with van der Waals surface area (Å²) in [6.45, 7) is 4.12. The summed E-state index contributed by atoms with van der Waals surface area (Å²) >= 11 is 0. The van der Waals surface area contributed by atoms with Crippen molar-refractivity contribution in [1.29, 1.82) is 0 Å². The molecule has 0 unspecified atom stereocenters. The molecule has 3 aromatic rings. The van der Waals surface area contributed by atoms with Gasteiger partial charge < -0.3 is 15.6 Å². The molecular formula is C16H19N5O2. The van der Waals surface area contributed by atoms with Crippen LogP contribution in [-0.2, 0) is 6.42 Å². The van der Waals surface area contributed by atoms with Crippen molar-refractivity contribution in [3.05, 3.63) is 35.2 Å². The van der Waals surface area contributed by atoms with Crippen LogP contribution in [0.1, 0.15) is 36.7 Å². The molecule has 0 aliphatic carbocycles. The topological polar surface area (TPSA) is 110 Å². The third-order valence-electron chi connectivity index (χ3n) is 3.71. The highest BCUT2D eigenvalue weighted by molar-refractivity contribution is 5.80. The lowest BCUT2D eigenvalue weighted by molar-refractivity contribution is 0.373. The van der Waals surface area contributed by atoms with E-state index in [9.17, 15) is 5.11 Å². The molecule has 0 spiro atoms. The van der Waals surface area contributed by atoms with Crippen LogP contribution in [0, 0.1) is 0 Å². The molecule has 0 saturated heterocycles. The predicted molar refractivity (Wildman–Crippen MR) is 87.6 cm³/mol. The van der Waals surface area contributed by atoms with Gasteiger partial charge in [0.1, 0.15) is 11.0 Å². The van der Waals surface area contributed by atoms with E-state index in [2.05, 4.69) is 34.0 Å². The highest BCUT2D eigenvalue weighted by Gasteiger charge is 2.16. The zero-order valence-electron chi connectivity index (χ0n) is 13.3. The van der Waals surface area contributed by atoms with Gasteiger partial charge in [0.25, 0.3) is 0 Å². The second-order valence-corrected chi connectivity index (χ2v) is 5.70. The second-order valence-electron chi connectivity index (χ2n) is 5.70. The van der Waals surface area contributed by atoms with Crippen LogP contribution < -0.4 is 10.5 Å². The number of aromatic nitrogens is 4. The van der Waals surface area contributed by atoms with Crippen molar-refractivity contribution >= 4 is 17.0 Å². The molecule has 0 saturated carbocycles. The molecule has 2 aromatic heterocycles. The van der Waals surface area contributed by atoms with Gasteiger partial charge in [-0.25, -0.2) is 9.97 Å². The van der Waals surface area contributed by atoms with Crippen LogP contribution in [0.5, 0.6) is 11.5 Å². The molecule has 7 heteroatoms. The number of ether oxygens (including phenoxy) is 1. The molecule has 2 heterocycles. The minimum Gasteiger partial charge on any atom is -0.504 e. The van der Waals surface area contributed by atoms with E-state index in [4.69, 9.17) is 10.5 Å². The zero-order valence-corrected chi connectivity index (χ0v) is 13.3. The maximum absolute atomic E-state index is 9.91. The first-order valence-electron chi connectivity index (χ1n) is 7.35. The van der Waals surface area contributed by atoms with Crippen LogP contribution in [0.2, 0.25) is 0 Å². The van der Waals surface area contributed by atoms with Gasteiger partial charge in [0.15, 0.2) is 11.5 Å². The van der Waals surface area contributed by atoms with Crippen LogP contribution >= 0.6 is 0 Å². The highest BCUT2D eigenvalue weighted by atomic mass is 16.5. The smallest absolute Gasteiger partial charge is 0.220 e. The van der Waals surface area contributed by atoms with Gasteiger partial charge in [-0.05, 0) is 23.6 Å². The van der Waals surface area contributed by atoms with Crippen molar-refractivity contribution in [3.8, 4) is 11.5 Å². The third-order valence-corrected chi connectivity index (χ3v) is 3.71. The van der Waals surface area contributed by atoms with Crippen LogP contribution in [0.4, 0.5) is 5.95 Å². The number of nitrogens with two attached hydrogens (primary N) is 1. The number of nitrogens with zero attached hydrogens (tertiary/aromatic N) is 3. The first-order chi connectivity index (χ1) is 11.0. The van der Waals surface area contributed by atoms with E-state index in [1.165, 1.54) is 7.11 Å². The number of hydrogen-bond acceptors (Lipinski definition) is 6. The Balaban J connectivity index is 2.04. The second kappa shape index (κ2) is 5.75. The van der Waals surface area contributed by atoms with E-state index >= 15 is 0 Å². The van der Waals surface area contributed by atoms with Crippen LogP contribution in [0.15, 0.2) is 18.2 Å². The summed E-state index contributed by atoms with van der Waals surface area (Å²) in [6, 6.07) is 5.24. The Morgan fingerprint density at radius 2 is 2.04 bits per heavy atom. The number of phenolic OH excluding ortho intramolecular Hbond substituents is 1. The molecular weight excluding hydrogens is 294 g/mol. The number of fused-ring (bicyclic) bond motifs is 1. The monoisotopic (exact) mass is 313 g/mol. The maximum Gasteiger partial charge on any atom is 0.220 e. The fraction of sp³-hybridized carbons (Fsp3) is 0.312. The molecule has 0 radical (unpaired) electrons. The Labute approximate surface area is 133 Å².